The summed E-state index contributed by atoms with van der Waals surface area (Å²) in [4.78, 5) is 0. The largest absolute Gasteiger partial charge is 0.416 e. The molecule has 210 valence electrons. The average Bonchev–Trinajstić information content (AvgIpc) is 2.77. The standard InChI is InChI=1S/C31H63BO2Si2/c1-29(2,3)35(9,10)33-25-31(7,8)28(34-36(11,12)30(4,5)6)23-24-32(26-19-15-13-16-20-26)27-21-17-14-18-22-27/h23-24,26-28H,13-22,25H2,1-12H3/b24-23+. The topological polar surface area (TPSA) is 18.5 Å². The lowest BCUT2D eigenvalue weighted by atomic mass is 9.30. The Morgan fingerprint density at radius 1 is 0.694 bits per heavy atom. The van der Waals surface area contributed by atoms with E-state index in [0.29, 0.717) is 0 Å². The normalized spacial score (nSPS) is 21.2. The summed E-state index contributed by atoms with van der Waals surface area (Å²) in [6, 6.07) is 0. The smallest absolute Gasteiger partial charge is 0.192 e. The molecular weight excluding hydrogens is 471 g/mol. The SMILES string of the molecule is CC(C)(CO[Si](C)(C)C(C)(C)C)C(/C=C/B(C1CCCCC1)C1CCCCC1)O[Si](C)(C)C(C)(C)C. The lowest BCUT2D eigenvalue weighted by Crippen LogP contribution is -2.50. The molecule has 2 aliphatic rings. The predicted octanol–water partition coefficient (Wildman–Crippen LogP) is 10.7. The Morgan fingerprint density at radius 3 is 1.50 bits per heavy atom. The molecule has 0 aromatic carbocycles. The van der Waals surface area contributed by atoms with E-state index in [4.69, 9.17) is 8.85 Å². The first-order chi connectivity index (χ1) is 16.4. The lowest BCUT2D eigenvalue weighted by molar-refractivity contribution is 0.0495. The van der Waals surface area contributed by atoms with Crippen molar-refractivity contribution in [3.05, 3.63) is 12.1 Å². The van der Waals surface area contributed by atoms with Crippen molar-refractivity contribution in [2.24, 2.45) is 5.41 Å². The Hall–Kier alpha value is 0.159. The summed E-state index contributed by atoms with van der Waals surface area (Å²) in [6.07, 6.45) is 16.9. The second-order valence-corrected chi connectivity index (χ2v) is 25.7. The first kappa shape index (κ1) is 32.4. The molecule has 0 amide bonds. The van der Waals surface area contributed by atoms with E-state index in [1.165, 1.54) is 64.2 Å². The van der Waals surface area contributed by atoms with Crippen LogP contribution in [0.4, 0.5) is 0 Å². The Labute approximate surface area is 229 Å². The molecule has 0 bridgehead atoms. The van der Waals surface area contributed by atoms with E-state index < -0.39 is 16.6 Å². The van der Waals surface area contributed by atoms with Gasteiger partial charge in [0.1, 0.15) is 0 Å². The molecular formula is C31H63BO2Si2. The summed E-state index contributed by atoms with van der Waals surface area (Å²) in [5.74, 6) is 4.41. The van der Waals surface area contributed by atoms with Gasteiger partial charge in [-0.25, -0.2) is 0 Å². The van der Waals surface area contributed by atoms with Gasteiger partial charge in [-0.15, -0.1) is 5.98 Å². The molecule has 0 aliphatic heterocycles. The van der Waals surface area contributed by atoms with Gasteiger partial charge >= 0.3 is 0 Å². The molecule has 0 spiro atoms. The van der Waals surface area contributed by atoms with Crippen molar-refractivity contribution in [2.45, 2.75) is 174 Å². The van der Waals surface area contributed by atoms with Crippen molar-refractivity contribution in [3.8, 4) is 0 Å². The van der Waals surface area contributed by atoms with E-state index >= 15 is 0 Å². The van der Waals surface area contributed by atoms with E-state index in [9.17, 15) is 0 Å². The van der Waals surface area contributed by atoms with Gasteiger partial charge in [-0.05, 0) is 36.3 Å². The van der Waals surface area contributed by atoms with Crippen LogP contribution in [0.2, 0.25) is 47.9 Å². The lowest BCUT2D eigenvalue weighted by Gasteiger charge is -2.45. The van der Waals surface area contributed by atoms with Crippen LogP contribution in [0.1, 0.15) is 120 Å². The number of hydrogen-bond donors (Lipinski definition) is 0. The Kier molecular flexibility index (Phi) is 11.3. The minimum Gasteiger partial charge on any atom is -0.416 e. The molecule has 0 aromatic rings. The van der Waals surface area contributed by atoms with Gasteiger partial charge in [0.2, 0.25) is 0 Å². The van der Waals surface area contributed by atoms with Gasteiger partial charge in [0.05, 0.1) is 6.10 Å². The third-order valence-corrected chi connectivity index (χ3v) is 19.4. The van der Waals surface area contributed by atoms with Crippen molar-refractivity contribution in [1.29, 1.82) is 0 Å². The zero-order valence-electron chi connectivity index (χ0n) is 26.6. The fourth-order valence-corrected chi connectivity index (χ4v) is 8.14. The zero-order valence-corrected chi connectivity index (χ0v) is 28.6. The van der Waals surface area contributed by atoms with Crippen molar-refractivity contribution >= 4 is 23.3 Å². The molecule has 1 unspecified atom stereocenters. The fourth-order valence-electron chi connectivity index (χ4n) is 5.59. The third kappa shape index (κ3) is 8.85. The summed E-state index contributed by atoms with van der Waals surface area (Å²) in [6.45, 7) is 30.0. The Morgan fingerprint density at radius 2 is 1.11 bits per heavy atom. The van der Waals surface area contributed by atoms with Crippen LogP contribution < -0.4 is 0 Å². The summed E-state index contributed by atoms with van der Waals surface area (Å²) in [5, 5.41) is 0.420. The molecule has 2 aliphatic carbocycles. The summed E-state index contributed by atoms with van der Waals surface area (Å²) >= 11 is 0. The van der Waals surface area contributed by atoms with E-state index in [-0.39, 0.29) is 21.6 Å². The number of hydrogen-bond acceptors (Lipinski definition) is 2. The highest BCUT2D eigenvalue weighted by Gasteiger charge is 2.44. The minimum atomic E-state index is -1.94. The van der Waals surface area contributed by atoms with Gasteiger partial charge in [-0.3, -0.25) is 0 Å². The third-order valence-electron chi connectivity index (χ3n) is 10.5. The second kappa shape index (κ2) is 12.6. The molecule has 2 nitrogen and oxygen atoms in total. The summed E-state index contributed by atoms with van der Waals surface area (Å²) in [7, 11) is -3.76. The van der Waals surface area contributed by atoms with Crippen LogP contribution in [0.15, 0.2) is 12.1 Å². The maximum Gasteiger partial charge on any atom is 0.192 e. The van der Waals surface area contributed by atoms with Crippen molar-refractivity contribution < 1.29 is 8.85 Å². The molecule has 1 atom stereocenters. The molecule has 2 fully saturated rings. The average molecular weight is 535 g/mol. The molecule has 5 heteroatoms. The van der Waals surface area contributed by atoms with Crippen molar-refractivity contribution in [1.82, 2.24) is 0 Å². The highest BCUT2D eigenvalue weighted by molar-refractivity contribution is 6.74. The van der Waals surface area contributed by atoms with Gasteiger partial charge in [-0.2, -0.15) is 0 Å². The van der Waals surface area contributed by atoms with E-state index in [1.54, 1.807) is 0 Å². The van der Waals surface area contributed by atoms with Crippen molar-refractivity contribution in [2.75, 3.05) is 6.61 Å². The van der Waals surface area contributed by atoms with Crippen molar-refractivity contribution in [3.63, 3.8) is 0 Å². The molecule has 2 saturated carbocycles. The van der Waals surface area contributed by atoms with Crippen LogP contribution in [-0.2, 0) is 8.85 Å². The van der Waals surface area contributed by atoms with E-state index in [0.717, 1.165) is 25.0 Å². The zero-order chi connectivity index (χ0) is 27.4. The van der Waals surface area contributed by atoms with Crippen LogP contribution in [0.25, 0.3) is 0 Å². The maximum absolute atomic E-state index is 7.23. The molecule has 36 heavy (non-hydrogen) atoms. The monoisotopic (exact) mass is 534 g/mol. The molecule has 0 saturated heterocycles. The first-order valence-corrected chi connectivity index (χ1v) is 21.2. The number of rotatable bonds is 10. The van der Waals surface area contributed by atoms with Gasteiger partial charge in [0.15, 0.2) is 23.3 Å². The minimum absolute atomic E-state index is 0.0643. The van der Waals surface area contributed by atoms with E-state index in [2.05, 4.69) is 93.6 Å². The van der Waals surface area contributed by atoms with Gasteiger partial charge < -0.3 is 8.85 Å². The Bertz CT molecular complexity index is 672. The van der Waals surface area contributed by atoms with Crippen LogP contribution in [0.3, 0.4) is 0 Å². The van der Waals surface area contributed by atoms with Crippen LogP contribution in [-0.4, -0.2) is 36.1 Å². The predicted molar refractivity (Wildman–Crippen MR) is 168 cm³/mol. The van der Waals surface area contributed by atoms with Gasteiger partial charge in [0.25, 0.3) is 0 Å². The van der Waals surface area contributed by atoms with E-state index in [1.807, 2.05) is 0 Å². The van der Waals surface area contributed by atoms with Crippen LogP contribution in [0.5, 0.6) is 0 Å². The molecule has 2 rings (SSSR count). The maximum atomic E-state index is 7.23. The molecule has 0 radical (unpaired) electrons. The highest BCUT2D eigenvalue weighted by Crippen LogP contribution is 2.44. The summed E-state index contributed by atoms with van der Waals surface area (Å²) in [5.41, 5.74) is -0.0643. The van der Waals surface area contributed by atoms with Crippen LogP contribution >= 0.6 is 0 Å². The Balaban J connectivity index is 2.35. The summed E-state index contributed by atoms with van der Waals surface area (Å²) < 4.78 is 14.1. The molecule has 0 N–H and O–H groups in total. The second-order valence-electron chi connectivity index (χ2n) is 16.1. The first-order valence-electron chi connectivity index (χ1n) is 15.4. The highest BCUT2D eigenvalue weighted by atomic mass is 28.4. The van der Waals surface area contributed by atoms with Gasteiger partial charge in [-0.1, -0.05) is 137 Å². The van der Waals surface area contributed by atoms with Gasteiger partial charge in [0, 0.05) is 12.0 Å². The molecule has 0 heterocycles. The fraction of sp³-hybridized carbons (Fsp3) is 0.935. The molecule has 0 aromatic heterocycles. The quantitative estimate of drug-likeness (QED) is 0.259. The van der Waals surface area contributed by atoms with Crippen LogP contribution in [0, 0.1) is 5.41 Å².